The Kier molecular flexibility index (Phi) is 1.93. The van der Waals surface area contributed by atoms with E-state index >= 15 is 0 Å². The van der Waals surface area contributed by atoms with E-state index in [-0.39, 0.29) is 5.92 Å². The van der Waals surface area contributed by atoms with Crippen molar-refractivity contribution < 1.29 is 4.79 Å². The first-order valence-electron chi connectivity index (χ1n) is 3.87. The maximum absolute atomic E-state index is 11.3. The third-order valence-electron chi connectivity index (χ3n) is 2.05. The van der Waals surface area contributed by atoms with E-state index in [4.69, 9.17) is 0 Å². The zero-order valence-electron chi connectivity index (χ0n) is 6.85. The van der Waals surface area contributed by atoms with E-state index in [9.17, 15) is 4.79 Å². The quantitative estimate of drug-likeness (QED) is 0.542. The molecule has 56 valence electrons. The second-order valence-corrected chi connectivity index (χ2v) is 3.32. The molecule has 1 heteroatoms. The van der Waals surface area contributed by atoms with Crippen molar-refractivity contribution in [2.75, 3.05) is 0 Å². The van der Waals surface area contributed by atoms with Gasteiger partial charge in [0.15, 0.2) is 5.78 Å². The summed E-state index contributed by atoms with van der Waals surface area (Å²) in [6.45, 7) is 6.14. The van der Waals surface area contributed by atoms with Crippen molar-refractivity contribution in [3.05, 3.63) is 11.6 Å². The number of allylic oxidation sites excluding steroid dienone is 2. The fraction of sp³-hybridized carbons (Fsp3) is 0.667. The van der Waals surface area contributed by atoms with Gasteiger partial charge in [-0.15, -0.1) is 0 Å². The van der Waals surface area contributed by atoms with Gasteiger partial charge in [0.05, 0.1) is 0 Å². The third kappa shape index (κ3) is 1.13. The van der Waals surface area contributed by atoms with Crippen molar-refractivity contribution in [3.63, 3.8) is 0 Å². The molecule has 1 unspecified atom stereocenters. The summed E-state index contributed by atoms with van der Waals surface area (Å²) in [6, 6.07) is 0. The van der Waals surface area contributed by atoms with E-state index in [1.807, 2.05) is 6.92 Å². The summed E-state index contributed by atoms with van der Waals surface area (Å²) in [6.07, 6.45) is 3.03. The van der Waals surface area contributed by atoms with Crippen LogP contribution in [0.3, 0.4) is 0 Å². The van der Waals surface area contributed by atoms with Crippen LogP contribution in [-0.2, 0) is 4.79 Å². The zero-order valence-corrected chi connectivity index (χ0v) is 6.85. The number of carbonyl (C=O) groups excluding carboxylic acids is 1. The molecule has 0 saturated heterocycles. The average Bonchev–Trinajstić information content (AvgIpc) is 2.14. The lowest BCUT2D eigenvalue weighted by atomic mass is 9.99. The van der Waals surface area contributed by atoms with Crippen LogP contribution in [0.2, 0.25) is 0 Å². The Morgan fingerprint density at radius 2 is 2.20 bits per heavy atom. The number of hydrogen-bond donors (Lipinski definition) is 0. The van der Waals surface area contributed by atoms with E-state index < -0.39 is 0 Å². The molecule has 1 atom stereocenters. The number of ketones is 1. The second-order valence-electron chi connectivity index (χ2n) is 3.32. The summed E-state index contributed by atoms with van der Waals surface area (Å²) in [5.74, 6) is 1.02. The van der Waals surface area contributed by atoms with Gasteiger partial charge < -0.3 is 0 Å². The summed E-state index contributed by atoms with van der Waals surface area (Å²) in [7, 11) is 0. The monoisotopic (exact) mass is 138 g/mol. The molecule has 1 nitrogen and oxygen atoms in total. The average molecular weight is 138 g/mol. The standard InChI is InChI=1S/C9H14O/c1-6(2)8-5-4-7(3)9(8)10/h5-7H,4H2,1-3H3. The van der Waals surface area contributed by atoms with Crippen molar-refractivity contribution >= 4 is 5.78 Å². The summed E-state index contributed by atoms with van der Waals surface area (Å²) < 4.78 is 0. The molecule has 1 aliphatic carbocycles. The molecule has 1 rings (SSSR count). The molecule has 0 fully saturated rings. The van der Waals surface area contributed by atoms with Gasteiger partial charge >= 0.3 is 0 Å². The van der Waals surface area contributed by atoms with Gasteiger partial charge in [-0.05, 0) is 17.9 Å². The van der Waals surface area contributed by atoms with Crippen LogP contribution in [0.15, 0.2) is 11.6 Å². The first-order valence-corrected chi connectivity index (χ1v) is 3.87. The predicted octanol–water partition coefficient (Wildman–Crippen LogP) is 2.18. The van der Waals surface area contributed by atoms with Gasteiger partial charge in [0.25, 0.3) is 0 Å². The first kappa shape index (κ1) is 7.52. The van der Waals surface area contributed by atoms with Gasteiger partial charge in [-0.1, -0.05) is 26.8 Å². The SMILES string of the molecule is CC(C)C1=CCC(C)C1=O. The third-order valence-corrected chi connectivity index (χ3v) is 2.05. The lowest BCUT2D eigenvalue weighted by molar-refractivity contribution is -0.118. The van der Waals surface area contributed by atoms with Gasteiger partial charge in [-0.25, -0.2) is 0 Å². The lowest BCUT2D eigenvalue weighted by Crippen LogP contribution is -2.09. The topological polar surface area (TPSA) is 17.1 Å². The highest BCUT2D eigenvalue weighted by Crippen LogP contribution is 2.25. The number of carbonyl (C=O) groups is 1. The molecule has 0 aromatic rings. The normalized spacial score (nSPS) is 25.8. The minimum atomic E-state index is 0.248. The summed E-state index contributed by atoms with van der Waals surface area (Å²) in [5.41, 5.74) is 1.03. The Balaban J connectivity index is 2.72. The predicted molar refractivity (Wildman–Crippen MR) is 41.7 cm³/mol. The molecule has 0 aromatic heterocycles. The molecule has 0 amide bonds. The van der Waals surface area contributed by atoms with Gasteiger partial charge in [0.1, 0.15) is 0 Å². The number of hydrogen-bond acceptors (Lipinski definition) is 1. The Hall–Kier alpha value is -0.590. The molecule has 0 saturated carbocycles. The lowest BCUT2D eigenvalue weighted by Gasteiger charge is -2.05. The maximum atomic E-state index is 11.3. The van der Waals surface area contributed by atoms with Crippen LogP contribution in [0.4, 0.5) is 0 Å². The Morgan fingerprint density at radius 3 is 2.40 bits per heavy atom. The fourth-order valence-corrected chi connectivity index (χ4v) is 1.32. The molecular formula is C9H14O. The smallest absolute Gasteiger partial charge is 0.161 e. The van der Waals surface area contributed by atoms with E-state index in [1.54, 1.807) is 0 Å². The molecule has 0 bridgehead atoms. The van der Waals surface area contributed by atoms with Gasteiger partial charge in [0, 0.05) is 5.92 Å². The summed E-state index contributed by atoms with van der Waals surface area (Å²) >= 11 is 0. The molecule has 0 heterocycles. The van der Waals surface area contributed by atoms with Gasteiger partial charge in [0.2, 0.25) is 0 Å². The second kappa shape index (κ2) is 2.57. The molecule has 0 spiro atoms. The van der Waals surface area contributed by atoms with Gasteiger partial charge in [-0.2, -0.15) is 0 Å². The highest BCUT2D eigenvalue weighted by Gasteiger charge is 2.24. The van der Waals surface area contributed by atoms with Crippen LogP contribution in [-0.4, -0.2) is 5.78 Å². The minimum absolute atomic E-state index is 0.248. The van der Waals surface area contributed by atoms with Crippen molar-refractivity contribution in [3.8, 4) is 0 Å². The molecule has 0 aliphatic heterocycles. The molecule has 0 N–H and O–H groups in total. The van der Waals surface area contributed by atoms with E-state index in [1.165, 1.54) is 0 Å². The maximum Gasteiger partial charge on any atom is 0.161 e. The van der Waals surface area contributed by atoms with Gasteiger partial charge in [-0.3, -0.25) is 4.79 Å². The van der Waals surface area contributed by atoms with Crippen LogP contribution >= 0.6 is 0 Å². The zero-order chi connectivity index (χ0) is 7.72. The minimum Gasteiger partial charge on any atom is -0.294 e. The molecular weight excluding hydrogens is 124 g/mol. The summed E-state index contributed by atoms with van der Waals surface area (Å²) in [4.78, 5) is 11.3. The van der Waals surface area contributed by atoms with Crippen LogP contribution in [0.1, 0.15) is 27.2 Å². The highest BCUT2D eigenvalue weighted by molar-refractivity contribution is 5.99. The van der Waals surface area contributed by atoms with E-state index in [2.05, 4.69) is 19.9 Å². The molecule has 0 aromatic carbocycles. The number of Topliss-reactive ketones (excluding diaryl/α,β-unsaturated/α-hetero) is 1. The van der Waals surface area contributed by atoms with Crippen LogP contribution in [0.25, 0.3) is 0 Å². The van der Waals surface area contributed by atoms with Crippen LogP contribution in [0.5, 0.6) is 0 Å². The van der Waals surface area contributed by atoms with Crippen molar-refractivity contribution in [2.45, 2.75) is 27.2 Å². The first-order chi connectivity index (χ1) is 4.63. The summed E-state index contributed by atoms with van der Waals surface area (Å²) in [5, 5.41) is 0. The van der Waals surface area contributed by atoms with Crippen LogP contribution < -0.4 is 0 Å². The highest BCUT2D eigenvalue weighted by atomic mass is 16.1. The fourth-order valence-electron chi connectivity index (χ4n) is 1.32. The van der Waals surface area contributed by atoms with Crippen LogP contribution in [0, 0.1) is 11.8 Å². The van der Waals surface area contributed by atoms with Crippen molar-refractivity contribution in [1.29, 1.82) is 0 Å². The Bertz CT molecular complexity index is 177. The largest absolute Gasteiger partial charge is 0.294 e. The van der Waals surface area contributed by atoms with E-state index in [0.717, 1.165) is 12.0 Å². The van der Waals surface area contributed by atoms with Crippen molar-refractivity contribution in [2.24, 2.45) is 11.8 Å². The van der Waals surface area contributed by atoms with E-state index in [0.29, 0.717) is 11.7 Å². The molecule has 10 heavy (non-hydrogen) atoms. The Morgan fingerprint density at radius 1 is 1.60 bits per heavy atom. The molecule has 1 aliphatic rings. The number of rotatable bonds is 1. The Labute approximate surface area is 62.1 Å². The van der Waals surface area contributed by atoms with Crippen molar-refractivity contribution in [1.82, 2.24) is 0 Å². The molecule has 0 radical (unpaired) electrons.